The molecule has 46 heavy (non-hydrogen) atoms. The Bertz CT molecular complexity index is 1960. The maximum atomic E-state index is 15.4. The number of amides is 2. The van der Waals surface area contributed by atoms with Gasteiger partial charge in [0.1, 0.15) is 23.2 Å². The van der Waals surface area contributed by atoms with Gasteiger partial charge in [-0.05, 0) is 43.9 Å². The number of hydrogen-bond donors (Lipinski definition) is 5. The summed E-state index contributed by atoms with van der Waals surface area (Å²) in [5.74, 6) is -4.94. The zero-order valence-electron chi connectivity index (χ0n) is 24.5. The van der Waals surface area contributed by atoms with Crippen molar-refractivity contribution in [2.75, 3.05) is 24.2 Å². The number of hydrogen-bond acceptors (Lipinski definition) is 9. The first-order chi connectivity index (χ1) is 21.3. The number of fused-ring (bicyclic) bond motifs is 2. The van der Waals surface area contributed by atoms with E-state index in [0.717, 1.165) is 29.0 Å². The van der Waals surface area contributed by atoms with Gasteiger partial charge < -0.3 is 26.4 Å². The number of halogens is 3. The molecule has 2 saturated carbocycles. The van der Waals surface area contributed by atoms with Gasteiger partial charge in [-0.25, -0.2) is 22.9 Å². The van der Waals surface area contributed by atoms with Gasteiger partial charge in [-0.2, -0.15) is 8.42 Å². The lowest BCUT2D eigenvalue weighted by Gasteiger charge is -2.21. The Kier molecular flexibility index (Phi) is 8.11. The maximum Gasteiger partial charge on any atom is 0.341 e. The summed E-state index contributed by atoms with van der Waals surface area (Å²) in [6.07, 6.45) is 1.60. The first kappa shape index (κ1) is 32.8. The van der Waals surface area contributed by atoms with Gasteiger partial charge in [0.15, 0.2) is 17.3 Å². The number of carbonyl (C=O) groups excluding carboxylic acids is 2. The van der Waals surface area contributed by atoms with Gasteiger partial charge >= 0.3 is 5.97 Å². The number of pyridine rings is 2. The summed E-state index contributed by atoms with van der Waals surface area (Å²) in [7, 11) is -3.67. The Morgan fingerprint density at radius 1 is 1.13 bits per heavy atom. The highest BCUT2D eigenvalue weighted by atomic mass is 32.2. The summed E-state index contributed by atoms with van der Waals surface area (Å²) in [5, 5.41) is 14.6. The third-order valence-electron chi connectivity index (χ3n) is 8.42. The number of benzene rings is 1. The normalized spacial score (nSPS) is 23.7. The van der Waals surface area contributed by atoms with Crippen molar-refractivity contribution in [3.05, 3.63) is 63.7 Å². The van der Waals surface area contributed by atoms with Crippen LogP contribution in [0.2, 0.25) is 0 Å². The molecule has 246 valence electrons. The third-order valence-corrected chi connectivity index (χ3v) is 8.42. The van der Waals surface area contributed by atoms with Crippen LogP contribution in [0.15, 0.2) is 35.3 Å². The summed E-state index contributed by atoms with van der Waals surface area (Å²) < 4.78 is 70.6. The molecule has 1 aliphatic heterocycles. The highest BCUT2D eigenvalue weighted by Gasteiger charge is 2.89. The molecule has 6 N–H and O–H groups in total. The van der Waals surface area contributed by atoms with E-state index in [1.165, 1.54) is 6.92 Å². The first-order valence-electron chi connectivity index (χ1n) is 13.8. The lowest BCUT2D eigenvalue weighted by Crippen LogP contribution is -2.51. The Morgan fingerprint density at radius 3 is 2.37 bits per heavy atom. The number of carboxylic acids is 1. The minimum atomic E-state index is -3.67. The Morgan fingerprint density at radius 2 is 1.78 bits per heavy atom. The van der Waals surface area contributed by atoms with E-state index in [-0.39, 0.29) is 51.7 Å². The van der Waals surface area contributed by atoms with Crippen LogP contribution < -0.4 is 26.7 Å². The fourth-order valence-corrected chi connectivity index (χ4v) is 6.17. The average Bonchev–Trinajstić information content (AvgIpc) is 3.73. The minimum absolute atomic E-state index is 0.119. The SMILES string of the molecule is CS(=O)(=O)O.C[C@H](N)C(=O)N[C@@H](C)C(=O)NC1C2C3CN(c4nc5c(cc4F)c(=O)c(C(=O)O)cn5-c4ccc(F)cc4F)CC312. The van der Waals surface area contributed by atoms with Crippen molar-refractivity contribution >= 4 is 44.8 Å². The Labute approximate surface area is 259 Å². The van der Waals surface area contributed by atoms with E-state index in [2.05, 4.69) is 15.6 Å². The molecule has 1 aromatic carbocycles. The predicted octanol–water partition coefficient (Wildman–Crippen LogP) is 0.408. The molecule has 0 radical (unpaired) electrons. The van der Waals surface area contributed by atoms with Gasteiger partial charge in [0, 0.05) is 36.8 Å². The van der Waals surface area contributed by atoms with Crippen LogP contribution in [0, 0.1) is 34.7 Å². The minimum Gasteiger partial charge on any atom is -0.477 e. The number of carboxylic acid groups (broad SMARTS) is 1. The Hall–Kier alpha value is -4.55. The van der Waals surface area contributed by atoms with Crippen molar-refractivity contribution in [3.8, 4) is 5.69 Å². The standard InChI is InChI=1S/C27H25F3N6O5.CH4O3S/c1-10(31)24(38)32-11(2)25(39)33-21-19-15-8-35(9-27(15,19)21)23-17(30)6-13-20(37)14(26(40)41)7-36(22(13)34-23)18-4-3-12(28)5-16(18)29;1-5(2,3)4/h3-7,10-11,15,19,21H,8-9,31H2,1-2H3,(H,32,38)(H,33,39)(H,40,41);1H3,(H,2,3,4)/t10-,11-,15?,19?,21?,27?;/m0./s1. The van der Waals surface area contributed by atoms with Crippen LogP contribution in [-0.2, 0) is 19.7 Å². The van der Waals surface area contributed by atoms with Crippen LogP contribution >= 0.6 is 0 Å². The molecule has 3 heterocycles. The molecule has 6 atom stereocenters. The molecule has 2 amide bonds. The monoisotopic (exact) mass is 666 g/mol. The number of nitrogens with two attached hydrogens (primary N) is 1. The van der Waals surface area contributed by atoms with Crippen molar-refractivity contribution < 1.29 is 45.6 Å². The molecule has 3 fully saturated rings. The highest BCUT2D eigenvalue weighted by molar-refractivity contribution is 7.85. The summed E-state index contributed by atoms with van der Waals surface area (Å²) in [6, 6.07) is 1.79. The lowest BCUT2D eigenvalue weighted by molar-refractivity contribution is -0.129. The Balaban J connectivity index is 0.000000775. The number of nitrogens with one attached hydrogen (secondary N) is 2. The molecule has 1 saturated heterocycles. The summed E-state index contributed by atoms with van der Waals surface area (Å²) in [4.78, 5) is 55.0. The van der Waals surface area contributed by atoms with Crippen LogP contribution in [0.1, 0.15) is 24.2 Å². The smallest absolute Gasteiger partial charge is 0.341 e. The van der Waals surface area contributed by atoms with Gasteiger partial charge in [-0.3, -0.25) is 23.5 Å². The maximum absolute atomic E-state index is 15.4. The van der Waals surface area contributed by atoms with Crippen LogP contribution in [-0.4, -0.2) is 82.9 Å². The van der Waals surface area contributed by atoms with E-state index in [4.69, 9.17) is 10.3 Å². The van der Waals surface area contributed by atoms with Crippen LogP contribution in [0.4, 0.5) is 19.0 Å². The van der Waals surface area contributed by atoms with Gasteiger partial charge in [-0.1, -0.05) is 0 Å². The van der Waals surface area contributed by atoms with Crippen molar-refractivity contribution in [1.29, 1.82) is 0 Å². The predicted molar refractivity (Wildman–Crippen MR) is 156 cm³/mol. The number of rotatable bonds is 7. The summed E-state index contributed by atoms with van der Waals surface area (Å²) >= 11 is 0. The van der Waals surface area contributed by atoms with E-state index in [9.17, 15) is 41.5 Å². The van der Waals surface area contributed by atoms with Gasteiger partial charge in [-0.15, -0.1) is 0 Å². The van der Waals surface area contributed by atoms with Gasteiger partial charge in [0.05, 0.1) is 23.4 Å². The van der Waals surface area contributed by atoms with Crippen LogP contribution in [0.5, 0.6) is 0 Å². The summed E-state index contributed by atoms with van der Waals surface area (Å²) in [5.41, 5.74) is 3.05. The number of aromatic nitrogens is 2. The molecule has 2 aliphatic carbocycles. The molecule has 1 spiro atoms. The van der Waals surface area contributed by atoms with Crippen molar-refractivity contribution in [2.24, 2.45) is 23.0 Å². The number of carbonyl (C=O) groups is 3. The van der Waals surface area contributed by atoms with Crippen molar-refractivity contribution in [3.63, 3.8) is 0 Å². The fourth-order valence-electron chi connectivity index (χ4n) is 6.17. The first-order valence-corrected chi connectivity index (χ1v) is 15.7. The largest absolute Gasteiger partial charge is 0.477 e. The second-order valence-electron chi connectivity index (χ2n) is 11.7. The lowest BCUT2D eigenvalue weighted by atomic mass is 10.1. The van der Waals surface area contributed by atoms with E-state index < -0.39 is 62.5 Å². The zero-order chi connectivity index (χ0) is 34.0. The molecular weight excluding hydrogens is 637 g/mol. The van der Waals surface area contributed by atoms with Crippen molar-refractivity contribution in [1.82, 2.24) is 20.2 Å². The average molecular weight is 667 g/mol. The van der Waals surface area contributed by atoms with E-state index in [1.54, 1.807) is 11.8 Å². The molecule has 0 bridgehead atoms. The second kappa shape index (κ2) is 11.4. The molecule has 18 heteroatoms. The highest BCUT2D eigenvalue weighted by Crippen LogP contribution is 2.82. The summed E-state index contributed by atoms with van der Waals surface area (Å²) in [6.45, 7) is 3.83. The van der Waals surface area contributed by atoms with E-state index >= 15 is 4.39 Å². The molecule has 2 aromatic heterocycles. The van der Waals surface area contributed by atoms with Crippen LogP contribution in [0.3, 0.4) is 0 Å². The number of piperidine rings is 1. The quantitative estimate of drug-likeness (QED) is 0.218. The van der Waals surface area contributed by atoms with Gasteiger partial charge in [0.2, 0.25) is 17.2 Å². The van der Waals surface area contributed by atoms with Crippen molar-refractivity contribution in [2.45, 2.75) is 32.0 Å². The fraction of sp³-hybridized carbons (Fsp3) is 0.393. The number of aromatic carboxylic acids is 1. The third kappa shape index (κ3) is 5.90. The topological polar surface area (TPSA) is 214 Å². The number of nitrogens with zero attached hydrogens (tertiary/aromatic N) is 3. The number of anilines is 1. The second-order valence-corrected chi connectivity index (χ2v) is 13.1. The van der Waals surface area contributed by atoms with E-state index in [0.29, 0.717) is 25.4 Å². The van der Waals surface area contributed by atoms with Crippen LogP contribution in [0.25, 0.3) is 16.7 Å². The molecule has 14 nitrogen and oxygen atoms in total. The van der Waals surface area contributed by atoms with Gasteiger partial charge in [0.25, 0.3) is 10.1 Å². The molecular formula is C28H29F3N6O8S. The molecule has 6 rings (SSSR count). The molecule has 3 aliphatic rings. The van der Waals surface area contributed by atoms with E-state index in [1.807, 2.05) is 0 Å². The molecule has 3 aromatic rings. The zero-order valence-corrected chi connectivity index (χ0v) is 25.3. The molecule has 4 unspecified atom stereocenters.